The predicted molar refractivity (Wildman–Crippen MR) is 106 cm³/mol. The fraction of sp³-hybridized carbons (Fsp3) is 0.409. The zero-order valence-electron chi connectivity index (χ0n) is 15.8. The van der Waals surface area contributed by atoms with Crippen molar-refractivity contribution in [2.45, 2.75) is 53.4 Å². The average Bonchev–Trinajstić information content (AvgIpc) is 2.60. The van der Waals surface area contributed by atoms with Gasteiger partial charge in [0.2, 0.25) is 0 Å². The van der Waals surface area contributed by atoms with Crippen molar-refractivity contribution in [3.63, 3.8) is 0 Å². The van der Waals surface area contributed by atoms with Crippen molar-refractivity contribution in [2.75, 3.05) is 6.16 Å². The van der Waals surface area contributed by atoms with Gasteiger partial charge in [0.1, 0.15) is 0 Å². The second-order valence-corrected chi connectivity index (χ2v) is 8.45. The van der Waals surface area contributed by atoms with Gasteiger partial charge in [-0.2, -0.15) is 0 Å². The van der Waals surface area contributed by atoms with Crippen molar-refractivity contribution < 1.29 is 9.36 Å². The molecule has 0 amide bonds. The average molecular weight is 355 g/mol. The number of rotatable bonds is 8. The minimum absolute atomic E-state index is 0.170. The molecule has 0 aromatic heterocycles. The Labute approximate surface area is 152 Å². The van der Waals surface area contributed by atoms with E-state index in [4.69, 9.17) is 0 Å². The second-order valence-electron chi connectivity index (χ2n) is 6.84. The van der Waals surface area contributed by atoms with E-state index < -0.39 is 7.80 Å². The third-order valence-electron chi connectivity index (χ3n) is 4.97. The van der Waals surface area contributed by atoms with Crippen LogP contribution in [-0.2, 0) is 11.0 Å². The lowest BCUT2D eigenvalue weighted by Crippen LogP contribution is -2.05. The largest absolute Gasteiger partial charge is 0.420 e. The van der Waals surface area contributed by atoms with Gasteiger partial charge >= 0.3 is 13.3 Å². The summed E-state index contributed by atoms with van der Waals surface area (Å²) in [4.78, 5) is 12.7. The lowest BCUT2D eigenvalue weighted by atomic mass is 9.95. The lowest BCUT2D eigenvalue weighted by molar-refractivity contribution is 0.107. The summed E-state index contributed by atoms with van der Waals surface area (Å²) < 4.78 is 12.5. The van der Waals surface area contributed by atoms with Crippen molar-refractivity contribution in [1.82, 2.24) is 0 Å². The predicted octanol–water partition coefficient (Wildman–Crippen LogP) is 6.30. The summed E-state index contributed by atoms with van der Waals surface area (Å²) in [5.41, 5.74) is 6.07. The van der Waals surface area contributed by atoms with E-state index >= 15 is 0 Å². The molecule has 0 fully saturated rings. The number of benzene rings is 2. The summed E-state index contributed by atoms with van der Waals surface area (Å²) in [6.07, 6.45) is 4.46. The van der Waals surface area contributed by atoms with Crippen LogP contribution in [0, 0.1) is 27.7 Å². The third kappa shape index (κ3) is 5.09. The molecular weight excluding hydrogens is 327 g/mol. The maximum Gasteiger partial charge on any atom is 0.420 e. The highest BCUT2D eigenvalue weighted by Gasteiger charge is 2.32. The molecule has 0 aliphatic rings. The lowest BCUT2D eigenvalue weighted by Gasteiger charge is -2.10. The van der Waals surface area contributed by atoms with Crippen LogP contribution in [0.4, 0.5) is 0 Å². The van der Waals surface area contributed by atoms with E-state index in [2.05, 4.69) is 31.2 Å². The quantitative estimate of drug-likeness (QED) is 0.411. The smallest absolute Gasteiger partial charge is 0.234 e. The van der Waals surface area contributed by atoms with Crippen LogP contribution in [0.3, 0.4) is 0 Å². The molecule has 0 saturated carbocycles. The third-order valence-corrected chi connectivity index (χ3v) is 6.37. The summed E-state index contributed by atoms with van der Waals surface area (Å²) in [5.74, 6) is 0. The molecule has 0 radical (unpaired) electrons. The van der Waals surface area contributed by atoms with Crippen LogP contribution in [0.5, 0.6) is 0 Å². The summed E-state index contributed by atoms with van der Waals surface area (Å²) in [5, 5.41) is 0. The van der Waals surface area contributed by atoms with Gasteiger partial charge in [-0.3, -0.25) is 0 Å². The van der Waals surface area contributed by atoms with Crippen molar-refractivity contribution in [3.05, 3.63) is 69.8 Å². The van der Waals surface area contributed by atoms with Crippen LogP contribution >= 0.6 is 7.80 Å². The van der Waals surface area contributed by atoms with E-state index in [0.29, 0.717) is 11.7 Å². The van der Waals surface area contributed by atoms with Crippen LogP contribution in [0.1, 0.15) is 57.4 Å². The Kier molecular flexibility index (Phi) is 7.08. The minimum Gasteiger partial charge on any atom is -0.234 e. The topological polar surface area (TPSA) is 34.1 Å². The molecule has 2 nitrogen and oxygen atoms in total. The molecule has 0 bridgehead atoms. The molecule has 0 spiro atoms. The van der Waals surface area contributed by atoms with Crippen molar-refractivity contribution in [2.24, 2.45) is 0 Å². The normalized spacial score (nSPS) is 11.4. The molecule has 2 aromatic rings. The SMILES string of the molecule is Cc1cc(C)c(C(=O)[P+](=O)CCCCCc2ccccc2)c(C)c1C. The van der Waals surface area contributed by atoms with Gasteiger partial charge in [-0.15, -0.1) is 0 Å². The van der Waals surface area contributed by atoms with Crippen molar-refractivity contribution >= 4 is 13.3 Å². The molecule has 1 unspecified atom stereocenters. The van der Waals surface area contributed by atoms with E-state index in [1.807, 2.05) is 32.9 Å². The fourth-order valence-corrected chi connectivity index (χ4v) is 4.55. The van der Waals surface area contributed by atoms with Crippen molar-refractivity contribution in [3.8, 4) is 0 Å². The van der Waals surface area contributed by atoms with Gasteiger partial charge in [-0.1, -0.05) is 41.0 Å². The van der Waals surface area contributed by atoms with Gasteiger partial charge in [0, 0.05) is 0 Å². The molecule has 1 atom stereocenters. The Morgan fingerprint density at radius 3 is 2.24 bits per heavy atom. The van der Waals surface area contributed by atoms with Gasteiger partial charge in [-0.25, -0.2) is 4.79 Å². The van der Waals surface area contributed by atoms with E-state index in [9.17, 15) is 9.36 Å². The molecule has 0 N–H and O–H groups in total. The Morgan fingerprint density at radius 2 is 1.56 bits per heavy atom. The van der Waals surface area contributed by atoms with Crippen molar-refractivity contribution in [1.29, 1.82) is 0 Å². The first-order chi connectivity index (χ1) is 11.9. The highest BCUT2D eigenvalue weighted by Crippen LogP contribution is 2.33. The number of hydrogen-bond acceptors (Lipinski definition) is 2. The van der Waals surface area contributed by atoms with Gasteiger partial charge in [-0.05, 0) is 81.2 Å². The standard InChI is InChI=1S/C22H28O2P/c1-16-15-17(2)21(19(4)18(16)3)22(23)25(24)14-10-6-9-13-20-11-7-5-8-12-20/h5,7-8,11-12,15H,6,9-10,13-14H2,1-4H3/q+1. The first kappa shape index (κ1) is 19.5. The monoisotopic (exact) mass is 355 g/mol. The van der Waals surface area contributed by atoms with E-state index in [1.165, 1.54) is 11.1 Å². The maximum atomic E-state index is 12.7. The van der Waals surface area contributed by atoms with Crippen LogP contribution < -0.4 is 0 Å². The Hall–Kier alpha value is -1.79. The maximum absolute atomic E-state index is 12.7. The van der Waals surface area contributed by atoms with Gasteiger partial charge in [0.05, 0.1) is 5.56 Å². The molecule has 2 aromatic carbocycles. The first-order valence-electron chi connectivity index (χ1n) is 9.02. The number of carbonyl (C=O) groups excluding carboxylic acids is 1. The van der Waals surface area contributed by atoms with Crippen LogP contribution in [0.15, 0.2) is 36.4 Å². The minimum atomic E-state index is -1.83. The molecular formula is C22H28O2P+. The summed E-state index contributed by atoms with van der Waals surface area (Å²) >= 11 is 0. The van der Waals surface area contributed by atoms with Gasteiger partial charge in [0.15, 0.2) is 6.16 Å². The molecule has 0 saturated heterocycles. The Bertz CT molecular complexity index is 763. The summed E-state index contributed by atoms with van der Waals surface area (Å²) in [7, 11) is -1.83. The number of hydrogen-bond donors (Lipinski definition) is 0. The molecule has 0 aliphatic carbocycles. The van der Waals surface area contributed by atoms with Gasteiger partial charge in [0.25, 0.3) is 0 Å². The van der Waals surface area contributed by atoms with Crippen LogP contribution in [-0.4, -0.2) is 11.7 Å². The highest BCUT2D eigenvalue weighted by atomic mass is 31.1. The molecule has 3 heteroatoms. The van der Waals surface area contributed by atoms with E-state index in [-0.39, 0.29) is 5.52 Å². The highest BCUT2D eigenvalue weighted by molar-refractivity contribution is 7.64. The Morgan fingerprint density at radius 1 is 0.880 bits per heavy atom. The van der Waals surface area contributed by atoms with Gasteiger partial charge < -0.3 is 0 Å². The molecule has 25 heavy (non-hydrogen) atoms. The molecule has 132 valence electrons. The number of aryl methyl sites for hydroxylation is 3. The molecule has 0 heterocycles. The fourth-order valence-electron chi connectivity index (χ4n) is 3.25. The van der Waals surface area contributed by atoms with Crippen LogP contribution in [0.2, 0.25) is 0 Å². The zero-order valence-corrected chi connectivity index (χ0v) is 16.7. The second kappa shape index (κ2) is 9.06. The molecule has 0 aliphatic heterocycles. The van der Waals surface area contributed by atoms with Crippen LogP contribution in [0.25, 0.3) is 0 Å². The summed E-state index contributed by atoms with van der Waals surface area (Å²) in [6.45, 7) is 7.98. The van der Waals surface area contributed by atoms with E-state index in [0.717, 1.165) is 42.4 Å². The number of carbonyl (C=O) groups is 1. The summed E-state index contributed by atoms with van der Waals surface area (Å²) in [6, 6.07) is 12.4. The first-order valence-corrected chi connectivity index (χ1v) is 10.5. The van der Waals surface area contributed by atoms with E-state index in [1.54, 1.807) is 0 Å². The number of unbranched alkanes of at least 4 members (excludes halogenated alkanes) is 2. The zero-order chi connectivity index (χ0) is 18.4. The Balaban J connectivity index is 1.87. The molecule has 2 rings (SSSR count).